The van der Waals surface area contributed by atoms with Gasteiger partial charge in [-0.25, -0.2) is 0 Å². The molecule has 102 valence electrons. The summed E-state index contributed by atoms with van der Waals surface area (Å²) in [4.78, 5) is 6.56. The van der Waals surface area contributed by atoms with Gasteiger partial charge in [-0.15, -0.1) is 0 Å². The van der Waals surface area contributed by atoms with Crippen LogP contribution in [0.5, 0.6) is 0 Å². The van der Waals surface area contributed by atoms with Crippen LogP contribution in [-0.4, -0.2) is 54.4 Å². The first-order valence-corrected chi connectivity index (χ1v) is 6.52. The lowest BCUT2D eigenvalue weighted by molar-refractivity contribution is 0.129. The molecule has 1 N–H and O–H groups in total. The van der Waals surface area contributed by atoms with Gasteiger partial charge in [0.05, 0.1) is 13.2 Å². The Labute approximate surface area is 108 Å². The van der Waals surface area contributed by atoms with E-state index in [0.717, 1.165) is 26.2 Å². The van der Waals surface area contributed by atoms with E-state index in [4.69, 9.17) is 9.26 Å². The zero-order valence-corrected chi connectivity index (χ0v) is 11.2. The monoisotopic (exact) mass is 254 g/mol. The van der Waals surface area contributed by atoms with Gasteiger partial charge in [-0.1, -0.05) is 5.16 Å². The number of rotatable bonds is 7. The average molecular weight is 254 g/mol. The minimum atomic E-state index is 0.575. The molecular weight excluding hydrogens is 232 g/mol. The molecule has 0 radical (unpaired) electrons. The van der Waals surface area contributed by atoms with E-state index < -0.39 is 0 Å². The molecule has 0 amide bonds. The van der Waals surface area contributed by atoms with Gasteiger partial charge in [-0.3, -0.25) is 4.90 Å². The summed E-state index contributed by atoms with van der Waals surface area (Å²) >= 11 is 0. The first kappa shape index (κ1) is 13.5. The Hall–Kier alpha value is -0.980. The Bertz CT molecular complexity index is 350. The van der Waals surface area contributed by atoms with Crippen LogP contribution in [0.1, 0.15) is 24.6 Å². The number of methoxy groups -OCH3 is 1. The lowest BCUT2D eigenvalue weighted by Crippen LogP contribution is -2.38. The summed E-state index contributed by atoms with van der Waals surface area (Å²) in [6.07, 6.45) is 2.51. The van der Waals surface area contributed by atoms with Crippen LogP contribution < -0.4 is 5.32 Å². The Morgan fingerprint density at radius 3 is 3.06 bits per heavy atom. The van der Waals surface area contributed by atoms with Crippen molar-refractivity contribution in [1.29, 1.82) is 0 Å². The van der Waals surface area contributed by atoms with Crippen LogP contribution in [0.25, 0.3) is 0 Å². The summed E-state index contributed by atoms with van der Waals surface area (Å²) in [5.74, 6) is 1.37. The fourth-order valence-electron chi connectivity index (χ4n) is 2.28. The topological polar surface area (TPSA) is 63.4 Å². The Kier molecular flexibility index (Phi) is 5.10. The highest BCUT2D eigenvalue weighted by Crippen LogP contribution is 2.09. The van der Waals surface area contributed by atoms with Gasteiger partial charge in [0, 0.05) is 26.2 Å². The highest BCUT2D eigenvalue weighted by Gasteiger charge is 2.19. The second-order valence-corrected chi connectivity index (χ2v) is 4.76. The van der Waals surface area contributed by atoms with Crippen molar-refractivity contribution in [3.8, 4) is 0 Å². The molecule has 1 unspecified atom stereocenters. The second kappa shape index (κ2) is 6.82. The van der Waals surface area contributed by atoms with Gasteiger partial charge in [0.1, 0.15) is 0 Å². The van der Waals surface area contributed by atoms with Crippen LogP contribution in [0.15, 0.2) is 4.52 Å². The van der Waals surface area contributed by atoms with Crippen LogP contribution >= 0.6 is 0 Å². The van der Waals surface area contributed by atoms with Crippen molar-refractivity contribution >= 4 is 0 Å². The molecule has 18 heavy (non-hydrogen) atoms. The average Bonchev–Trinajstić information content (AvgIpc) is 2.98. The number of nitrogens with zero attached hydrogens (tertiary/aromatic N) is 3. The summed E-state index contributed by atoms with van der Waals surface area (Å²) < 4.78 is 10.3. The Morgan fingerprint density at radius 1 is 1.56 bits per heavy atom. The lowest BCUT2D eigenvalue weighted by atomic mass is 10.2. The highest BCUT2D eigenvalue weighted by molar-refractivity contribution is 4.85. The summed E-state index contributed by atoms with van der Waals surface area (Å²) in [5, 5.41) is 7.33. The third kappa shape index (κ3) is 4.04. The normalized spacial score (nSPS) is 19.8. The van der Waals surface area contributed by atoms with Gasteiger partial charge in [-0.2, -0.15) is 4.98 Å². The Balaban J connectivity index is 1.86. The highest BCUT2D eigenvalue weighted by atomic mass is 16.5. The number of hydrogen-bond donors (Lipinski definition) is 1. The molecule has 1 saturated heterocycles. The SMILES string of the molecule is COCCN(Cc1nc(C)no1)CC1CCCN1. The van der Waals surface area contributed by atoms with E-state index in [2.05, 4.69) is 20.4 Å². The van der Waals surface area contributed by atoms with E-state index >= 15 is 0 Å². The maximum absolute atomic E-state index is 5.18. The van der Waals surface area contributed by atoms with Crippen LogP contribution in [-0.2, 0) is 11.3 Å². The maximum Gasteiger partial charge on any atom is 0.240 e. The fraction of sp³-hybridized carbons (Fsp3) is 0.833. The van der Waals surface area contributed by atoms with Crippen molar-refractivity contribution in [3.05, 3.63) is 11.7 Å². The zero-order chi connectivity index (χ0) is 12.8. The molecule has 0 aromatic carbocycles. The van der Waals surface area contributed by atoms with Crippen LogP contribution in [0, 0.1) is 6.92 Å². The standard InChI is InChI=1S/C12H22N4O2/c1-10-14-12(18-15-10)9-16(6-7-17-2)8-11-4-3-5-13-11/h11,13H,3-9H2,1-2H3. The lowest BCUT2D eigenvalue weighted by Gasteiger charge is -2.23. The van der Waals surface area contributed by atoms with Crippen molar-refractivity contribution in [2.24, 2.45) is 0 Å². The number of aryl methyl sites for hydroxylation is 1. The summed E-state index contributed by atoms with van der Waals surface area (Å²) in [5.41, 5.74) is 0. The minimum Gasteiger partial charge on any atom is -0.383 e. The third-order valence-corrected chi connectivity index (χ3v) is 3.18. The molecule has 0 spiro atoms. The molecule has 1 aromatic heterocycles. The quantitative estimate of drug-likeness (QED) is 0.768. The van der Waals surface area contributed by atoms with Crippen molar-refractivity contribution in [2.75, 3.05) is 33.4 Å². The molecule has 1 fully saturated rings. The summed E-state index contributed by atoms with van der Waals surface area (Å²) in [6, 6.07) is 0.575. The van der Waals surface area contributed by atoms with E-state index in [1.54, 1.807) is 7.11 Å². The van der Waals surface area contributed by atoms with Crippen molar-refractivity contribution < 1.29 is 9.26 Å². The fourth-order valence-corrected chi connectivity index (χ4v) is 2.28. The van der Waals surface area contributed by atoms with E-state index in [9.17, 15) is 0 Å². The number of nitrogens with one attached hydrogen (secondary N) is 1. The predicted octanol–water partition coefficient (Wildman–Crippen LogP) is 0.578. The van der Waals surface area contributed by atoms with Gasteiger partial charge >= 0.3 is 0 Å². The molecule has 2 rings (SSSR count). The molecule has 0 saturated carbocycles. The number of aromatic nitrogens is 2. The van der Waals surface area contributed by atoms with Gasteiger partial charge in [-0.05, 0) is 26.3 Å². The summed E-state index contributed by atoms with van der Waals surface area (Å²) in [7, 11) is 1.73. The molecule has 0 aliphatic carbocycles. The number of hydrogen-bond acceptors (Lipinski definition) is 6. The van der Waals surface area contributed by atoms with E-state index in [1.807, 2.05) is 6.92 Å². The molecule has 6 heteroatoms. The third-order valence-electron chi connectivity index (χ3n) is 3.18. The smallest absolute Gasteiger partial charge is 0.240 e. The molecule has 1 aromatic rings. The van der Waals surface area contributed by atoms with E-state index in [-0.39, 0.29) is 0 Å². The molecule has 6 nitrogen and oxygen atoms in total. The van der Waals surface area contributed by atoms with Crippen LogP contribution in [0.3, 0.4) is 0 Å². The number of ether oxygens (including phenoxy) is 1. The van der Waals surface area contributed by atoms with Crippen molar-refractivity contribution in [1.82, 2.24) is 20.4 Å². The largest absolute Gasteiger partial charge is 0.383 e. The first-order chi connectivity index (χ1) is 8.78. The molecule has 0 bridgehead atoms. The van der Waals surface area contributed by atoms with Gasteiger partial charge in [0.2, 0.25) is 5.89 Å². The maximum atomic E-state index is 5.18. The molecule has 1 aliphatic rings. The molecule has 2 heterocycles. The molecular formula is C12H22N4O2. The Morgan fingerprint density at radius 2 is 2.44 bits per heavy atom. The first-order valence-electron chi connectivity index (χ1n) is 6.52. The van der Waals surface area contributed by atoms with Crippen molar-refractivity contribution in [3.63, 3.8) is 0 Å². The van der Waals surface area contributed by atoms with Gasteiger partial charge in [0.15, 0.2) is 5.82 Å². The van der Waals surface area contributed by atoms with Gasteiger partial charge in [0.25, 0.3) is 0 Å². The van der Waals surface area contributed by atoms with Gasteiger partial charge < -0.3 is 14.6 Å². The van der Waals surface area contributed by atoms with Crippen LogP contribution in [0.4, 0.5) is 0 Å². The van der Waals surface area contributed by atoms with Crippen LogP contribution in [0.2, 0.25) is 0 Å². The second-order valence-electron chi connectivity index (χ2n) is 4.76. The van der Waals surface area contributed by atoms with Crippen molar-refractivity contribution in [2.45, 2.75) is 32.4 Å². The van der Waals surface area contributed by atoms with E-state index in [1.165, 1.54) is 12.8 Å². The zero-order valence-electron chi connectivity index (χ0n) is 11.2. The van der Waals surface area contributed by atoms with E-state index in [0.29, 0.717) is 24.3 Å². The molecule has 1 aliphatic heterocycles. The summed E-state index contributed by atoms with van der Waals surface area (Å²) in [6.45, 7) is 6.27. The predicted molar refractivity (Wildman–Crippen MR) is 67.2 cm³/mol. The minimum absolute atomic E-state index is 0.575. The molecule has 1 atom stereocenters.